The first-order chi connectivity index (χ1) is 20.4. The van der Waals surface area contributed by atoms with Crippen LogP contribution in [0.2, 0.25) is 0 Å². The minimum absolute atomic E-state index is 0.0611. The lowest BCUT2D eigenvalue weighted by Crippen LogP contribution is -2.60. The highest BCUT2D eigenvalue weighted by molar-refractivity contribution is 5.77. The summed E-state index contributed by atoms with van der Waals surface area (Å²) in [7, 11) is 1.60. The number of fused-ring (bicyclic) bond motifs is 2. The van der Waals surface area contributed by atoms with E-state index in [2.05, 4.69) is 48.6 Å². The van der Waals surface area contributed by atoms with Gasteiger partial charge in [0, 0.05) is 31.6 Å². The molecule has 7 heteroatoms. The Morgan fingerprint density at radius 1 is 0.976 bits per heavy atom. The largest absolute Gasteiger partial charge is 0.496 e. The van der Waals surface area contributed by atoms with Crippen LogP contribution in [0, 0.1) is 6.92 Å². The van der Waals surface area contributed by atoms with Gasteiger partial charge in [-0.05, 0) is 66.7 Å². The van der Waals surface area contributed by atoms with Crippen LogP contribution < -0.4 is 14.8 Å². The van der Waals surface area contributed by atoms with Crippen LogP contribution in [-0.4, -0.2) is 62.3 Å². The van der Waals surface area contributed by atoms with Crippen LogP contribution >= 0.6 is 0 Å². The molecule has 1 N–H and O–H groups in total. The monoisotopic (exact) mass is 568 g/mol. The molecule has 5 rings (SSSR count). The minimum Gasteiger partial charge on any atom is -0.496 e. The number of piperazine rings is 1. The molecule has 1 saturated heterocycles. The summed E-state index contributed by atoms with van der Waals surface area (Å²) in [5.74, 6) is 1.33. The molecule has 7 nitrogen and oxygen atoms in total. The first-order valence-corrected chi connectivity index (χ1v) is 14.7. The topological polar surface area (TPSA) is 77.1 Å². The highest BCUT2D eigenvalue weighted by atomic mass is 16.5. The maximum absolute atomic E-state index is 12.9. The molecule has 0 radical (unpaired) electrons. The van der Waals surface area contributed by atoms with Gasteiger partial charge in [-0.3, -0.25) is 9.59 Å². The molecule has 1 fully saturated rings. The SMILES string of the molecule is COc1ccccc1CC(=O)OCC1=C(c2ccc(CCCOc3ccc(C)cc3)cc2)C[C@@H]2CN(C(C)=O)C[C@H]1N2. The fourth-order valence-corrected chi connectivity index (χ4v) is 5.81. The number of hydrogen-bond acceptors (Lipinski definition) is 6. The first-order valence-electron chi connectivity index (χ1n) is 14.7. The number of hydrogen-bond donors (Lipinski definition) is 1. The molecule has 0 aliphatic carbocycles. The maximum atomic E-state index is 12.9. The number of rotatable bonds is 11. The Kier molecular flexibility index (Phi) is 9.59. The Balaban J connectivity index is 1.27. The summed E-state index contributed by atoms with van der Waals surface area (Å²) in [6.45, 7) is 5.77. The van der Waals surface area contributed by atoms with Crippen LogP contribution in [0.1, 0.15) is 42.0 Å². The molecule has 220 valence electrons. The van der Waals surface area contributed by atoms with Crippen molar-refractivity contribution in [2.24, 2.45) is 0 Å². The number of nitrogens with zero attached hydrogens (tertiary/aromatic N) is 1. The molecular formula is C35H40N2O5. The number of carbonyl (C=O) groups is 2. The van der Waals surface area contributed by atoms with E-state index in [-0.39, 0.29) is 37.0 Å². The van der Waals surface area contributed by atoms with Crippen molar-refractivity contribution >= 4 is 17.4 Å². The van der Waals surface area contributed by atoms with Crippen molar-refractivity contribution in [2.45, 2.75) is 51.6 Å². The van der Waals surface area contributed by atoms with Gasteiger partial charge < -0.3 is 24.4 Å². The summed E-state index contributed by atoms with van der Waals surface area (Å²) >= 11 is 0. The summed E-state index contributed by atoms with van der Waals surface area (Å²) in [5, 5.41) is 3.66. The molecule has 1 amide bonds. The number of amides is 1. The molecule has 2 aliphatic heterocycles. The van der Waals surface area contributed by atoms with Crippen molar-refractivity contribution in [3.05, 3.63) is 101 Å². The zero-order valence-corrected chi connectivity index (χ0v) is 24.7. The van der Waals surface area contributed by atoms with Crippen LogP contribution in [0.5, 0.6) is 11.5 Å². The Hall–Kier alpha value is -4.10. The minimum atomic E-state index is -0.309. The first kappa shape index (κ1) is 29.4. The molecular weight excluding hydrogens is 528 g/mol. The Morgan fingerprint density at radius 2 is 1.74 bits per heavy atom. The molecule has 0 unspecified atom stereocenters. The zero-order chi connectivity index (χ0) is 29.5. The van der Waals surface area contributed by atoms with Gasteiger partial charge in [-0.1, -0.05) is 60.2 Å². The van der Waals surface area contributed by atoms with E-state index in [1.54, 1.807) is 14.0 Å². The van der Waals surface area contributed by atoms with Crippen LogP contribution in [0.25, 0.3) is 5.57 Å². The molecule has 3 aromatic carbocycles. The number of ether oxygens (including phenoxy) is 3. The van der Waals surface area contributed by atoms with Gasteiger partial charge in [-0.15, -0.1) is 0 Å². The summed E-state index contributed by atoms with van der Waals surface area (Å²) in [5.41, 5.74) is 6.64. The highest BCUT2D eigenvalue weighted by Gasteiger charge is 2.36. The van der Waals surface area contributed by atoms with Gasteiger partial charge in [-0.2, -0.15) is 0 Å². The molecule has 3 aromatic rings. The van der Waals surface area contributed by atoms with Gasteiger partial charge in [0.2, 0.25) is 5.91 Å². The predicted octanol–water partition coefficient (Wildman–Crippen LogP) is 5.15. The van der Waals surface area contributed by atoms with Crippen LogP contribution in [0.15, 0.2) is 78.4 Å². The molecule has 2 aliphatic rings. The Labute approximate surface area is 248 Å². The average Bonchev–Trinajstić information content (AvgIpc) is 3.00. The molecule has 0 spiro atoms. The third-order valence-corrected chi connectivity index (χ3v) is 8.10. The summed E-state index contributed by atoms with van der Waals surface area (Å²) in [6, 6.07) is 24.4. The van der Waals surface area contributed by atoms with Crippen molar-refractivity contribution in [1.29, 1.82) is 0 Å². The molecule has 2 bridgehead atoms. The van der Waals surface area contributed by atoms with Gasteiger partial charge in [0.25, 0.3) is 0 Å². The van der Waals surface area contributed by atoms with Gasteiger partial charge in [0.15, 0.2) is 0 Å². The lowest BCUT2D eigenvalue weighted by atomic mass is 9.83. The Bertz CT molecular complexity index is 1410. The number of para-hydroxylation sites is 1. The lowest BCUT2D eigenvalue weighted by Gasteiger charge is -2.44. The van der Waals surface area contributed by atoms with E-state index in [4.69, 9.17) is 14.2 Å². The van der Waals surface area contributed by atoms with Gasteiger partial charge in [0.05, 0.1) is 26.2 Å². The molecule has 2 atom stereocenters. The second-order valence-corrected chi connectivity index (χ2v) is 11.2. The van der Waals surface area contributed by atoms with Crippen molar-refractivity contribution in [2.75, 3.05) is 33.4 Å². The Morgan fingerprint density at radius 3 is 2.48 bits per heavy atom. The van der Waals surface area contributed by atoms with Gasteiger partial charge in [-0.25, -0.2) is 0 Å². The van der Waals surface area contributed by atoms with Crippen LogP contribution in [0.3, 0.4) is 0 Å². The number of nitrogens with one attached hydrogen (secondary N) is 1. The van der Waals surface area contributed by atoms with Gasteiger partial charge >= 0.3 is 5.97 Å². The second kappa shape index (κ2) is 13.7. The smallest absolute Gasteiger partial charge is 0.310 e. The van der Waals surface area contributed by atoms with E-state index in [0.717, 1.165) is 41.7 Å². The molecule has 2 heterocycles. The van der Waals surface area contributed by atoms with E-state index in [1.165, 1.54) is 16.7 Å². The fraction of sp³-hybridized carbons (Fsp3) is 0.371. The number of methoxy groups -OCH3 is 1. The van der Waals surface area contributed by atoms with Crippen molar-refractivity contribution in [3.8, 4) is 11.5 Å². The van der Waals surface area contributed by atoms with Gasteiger partial charge in [0.1, 0.15) is 18.1 Å². The van der Waals surface area contributed by atoms with E-state index >= 15 is 0 Å². The van der Waals surface area contributed by atoms with Crippen molar-refractivity contribution in [3.63, 3.8) is 0 Å². The number of aryl methyl sites for hydroxylation is 2. The molecule has 0 aromatic heterocycles. The van der Waals surface area contributed by atoms with Crippen LogP contribution in [-0.2, 0) is 27.2 Å². The standard InChI is InChI=1S/C35H40N2O5/c1-24-10-16-30(17-11-24)41-18-6-7-26-12-14-27(15-13-26)31-20-29-21-37(25(2)38)22-33(36-29)32(31)23-42-35(39)19-28-8-4-5-9-34(28)40-3/h4-5,8-17,29,33,36H,6-7,18-23H2,1-3H3/t29-,33-/m1/s1. The quantitative estimate of drug-likeness (QED) is 0.255. The summed E-state index contributed by atoms with van der Waals surface area (Å²) in [4.78, 5) is 27.0. The summed E-state index contributed by atoms with van der Waals surface area (Å²) < 4.78 is 17.1. The number of carbonyl (C=O) groups excluding carboxylic acids is 2. The normalized spacial score (nSPS) is 18.0. The van der Waals surface area contributed by atoms with Crippen molar-refractivity contribution < 1.29 is 23.8 Å². The van der Waals surface area contributed by atoms with Crippen molar-refractivity contribution in [1.82, 2.24) is 10.2 Å². The zero-order valence-electron chi connectivity index (χ0n) is 24.7. The van der Waals surface area contributed by atoms with E-state index < -0.39 is 0 Å². The molecule has 0 saturated carbocycles. The third kappa shape index (κ3) is 7.39. The van der Waals surface area contributed by atoms with Crippen LogP contribution in [0.4, 0.5) is 0 Å². The van der Waals surface area contributed by atoms with E-state index in [9.17, 15) is 9.59 Å². The average molecular weight is 569 g/mol. The van der Waals surface area contributed by atoms with E-state index in [0.29, 0.717) is 25.4 Å². The predicted molar refractivity (Wildman–Crippen MR) is 164 cm³/mol. The second-order valence-electron chi connectivity index (χ2n) is 11.2. The molecule has 42 heavy (non-hydrogen) atoms. The number of esters is 1. The third-order valence-electron chi connectivity index (χ3n) is 8.10. The highest BCUT2D eigenvalue weighted by Crippen LogP contribution is 2.33. The lowest BCUT2D eigenvalue weighted by molar-refractivity contribution is -0.142. The summed E-state index contributed by atoms with van der Waals surface area (Å²) in [6.07, 6.45) is 2.76. The fourth-order valence-electron chi connectivity index (χ4n) is 5.81. The van der Waals surface area contributed by atoms with E-state index in [1.807, 2.05) is 41.3 Å². The number of benzene rings is 3. The maximum Gasteiger partial charge on any atom is 0.310 e.